The molecule has 32 heavy (non-hydrogen) atoms. The minimum absolute atomic E-state index is 0.0228. The van der Waals surface area contributed by atoms with Crippen LogP contribution in [-0.2, 0) is 18.3 Å². The molecule has 0 aliphatic carbocycles. The molecule has 0 saturated heterocycles. The average Bonchev–Trinajstić information content (AvgIpc) is 2.75. The van der Waals surface area contributed by atoms with Crippen molar-refractivity contribution in [2.75, 3.05) is 7.11 Å². The maximum atomic E-state index is 14.2. The number of aromatic nitrogens is 1. The number of aliphatic hydroxyl groups is 2. The van der Waals surface area contributed by atoms with Gasteiger partial charge < -0.3 is 19.6 Å². The van der Waals surface area contributed by atoms with Gasteiger partial charge in [0.25, 0.3) is 5.56 Å². The summed E-state index contributed by atoms with van der Waals surface area (Å²) in [6, 6.07) is 11.5. The monoisotopic (exact) mass is 461 g/mol. The fourth-order valence-electron chi connectivity index (χ4n) is 2.82. The number of aldehydes is 1. The summed E-state index contributed by atoms with van der Waals surface area (Å²) >= 11 is 5.93. The zero-order valence-electron chi connectivity index (χ0n) is 18.9. The fraction of sp³-hybridized carbons (Fsp3) is 0.280. The van der Waals surface area contributed by atoms with Gasteiger partial charge in [-0.05, 0) is 49.9 Å². The summed E-state index contributed by atoms with van der Waals surface area (Å²) in [6.45, 7) is 5.23. The van der Waals surface area contributed by atoms with E-state index in [1.165, 1.54) is 10.6 Å². The van der Waals surface area contributed by atoms with Gasteiger partial charge in [0.2, 0.25) is 0 Å². The van der Waals surface area contributed by atoms with Crippen molar-refractivity contribution >= 4 is 28.7 Å². The summed E-state index contributed by atoms with van der Waals surface area (Å²) in [4.78, 5) is 23.5. The predicted molar refractivity (Wildman–Crippen MR) is 129 cm³/mol. The van der Waals surface area contributed by atoms with Crippen LogP contribution in [0.1, 0.15) is 26.5 Å². The van der Waals surface area contributed by atoms with E-state index < -0.39 is 17.0 Å². The summed E-state index contributed by atoms with van der Waals surface area (Å²) in [5.74, 6) is -0.573. The largest absolute Gasteiger partial charge is 0.400 e. The van der Waals surface area contributed by atoms with E-state index in [1.807, 2.05) is 0 Å². The number of terminal acetylenes is 1. The molecule has 3 rings (SSSR count). The van der Waals surface area contributed by atoms with Crippen LogP contribution < -0.4 is 5.56 Å². The standard InChI is InChI=1S/C18H13ClFNO2.C4H10O.C2H2.CH4O/c1-21-15(9-10-22)16(11-5-7-12(19)8-6-11)13-3-2-4-14(20)17(13)18(21)23;1-4(2,3)5;2*1-2/h2-8,10H,9H2,1H3;5H,1-3H3;1-2H;2H,1H3. The Labute approximate surface area is 193 Å². The van der Waals surface area contributed by atoms with Gasteiger partial charge in [-0.2, -0.15) is 0 Å². The highest BCUT2D eigenvalue weighted by Crippen LogP contribution is 2.32. The average molecular weight is 462 g/mol. The molecule has 172 valence electrons. The number of pyridine rings is 1. The number of halogens is 2. The van der Waals surface area contributed by atoms with Gasteiger partial charge in [-0.25, -0.2) is 4.39 Å². The Kier molecular flexibility index (Phi) is 12.2. The fourth-order valence-corrected chi connectivity index (χ4v) is 2.95. The van der Waals surface area contributed by atoms with E-state index in [1.54, 1.807) is 64.2 Å². The number of fused-ring (bicyclic) bond motifs is 1. The van der Waals surface area contributed by atoms with Gasteiger partial charge in [-0.3, -0.25) is 4.79 Å². The number of hydrogen-bond acceptors (Lipinski definition) is 4. The number of nitrogens with zero attached hydrogens (tertiary/aromatic N) is 1. The van der Waals surface area contributed by atoms with Crippen molar-refractivity contribution in [2.24, 2.45) is 7.05 Å². The summed E-state index contributed by atoms with van der Waals surface area (Å²) < 4.78 is 15.5. The molecule has 0 aliphatic rings. The molecule has 5 nitrogen and oxygen atoms in total. The lowest BCUT2D eigenvalue weighted by Gasteiger charge is -2.16. The number of carbonyl (C=O) groups is 1. The SMILES string of the molecule is C#C.CC(C)(C)O.CO.Cn1c(CC=O)c(-c2ccc(Cl)cc2)c2cccc(F)c2c1=O. The minimum Gasteiger partial charge on any atom is -0.400 e. The Morgan fingerprint density at radius 1 is 1.09 bits per heavy atom. The molecule has 1 heterocycles. The molecule has 7 heteroatoms. The number of benzene rings is 2. The minimum atomic E-state index is -0.573. The van der Waals surface area contributed by atoms with Gasteiger partial charge in [-0.1, -0.05) is 35.9 Å². The van der Waals surface area contributed by atoms with E-state index in [4.69, 9.17) is 21.8 Å². The normalized spacial score (nSPS) is 9.97. The second-order valence-electron chi connectivity index (χ2n) is 7.40. The van der Waals surface area contributed by atoms with E-state index in [-0.39, 0.29) is 11.8 Å². The van der Waals surface area contributed by atoms with Gasteiger partial charge in [0.15, 0.2) is 0 Å². The van der Waals surface area contributed by atoms with E-state index in [0.717, 1.165) is 19.0 Å². The van der Waals surface area contributed by atoms with Crippen molar-refractivity contribution in [2.45, 2.75) is 32.8 Å². The lowest BCUT2D eigenvalue weighted by molar-refractivity contribution is -0.107. The van der Waals surface area contributed by atoms with Crippen LogP contribution in [0.2, 0.25) is 5.02 Å². The molecule has 2 aromatic carbocycles. The summed E-state index contributed by atoms with van der Waals surface area (Å²) in [5.41, 5.74) is 1.04. The zero-order valence-corrected chi connectivity index (χ0v) is 19.7. The van der Waals surface area contributed by atoms with Crippen molar-refractivity contribution in [1.82, 2.24) is 4.57 Å². The van der Waals surface area contributed by atoms with Crippen molar-refractivity contribution in [3.63, 3.8) is 0 Å². The molecule has 0 bridgehead atoms. The first-order valence-corrected chi connectivity index (χ1v) is 9.92. The number of carbonyl (C=O) groups excluding carboxylic acids is 1. The number of hydrogen-bond donors (Lipinski definition) is 2. The smallest absolute Gasteiger partial charge is 0.261 e. The van der Waals surface area contributed by atoms with Gasteiger partial charge in [-0.15, -0.1) is 12.8 Å². The number of rotatable bonds is 3. The molecule has 0 atom stereocenters. The highest BCUT2D eigenvalue weighted by atomic mass is 35.5. The van der Waals surface area contributed by atoms with Crippen molar-refractivity contribution < 1.29 is 19.4 Å². The third-order valence-corrected chi connectivity index (χ3v) is 4.16. The molecular weight excluding hydrogens is 433 g/mol. The van der Waals surface area contributed by atoms with Gasteiger partial charge in [0.1, 0.15) is 12.1 Å². The first kappa shape index (κ1) is 29.0. The molecule has 0 spiro atoms. The van der Waals surface area contributed by atoms with Gasteiger partial charge >= 0.3 is 0 Å². The zero-order chi connectivity index (χ0) is 25.1. The molecule has 3 aromatic rings. The maximum absolute atomic E-state index is 14.2. The molecule has 0 unspecified atom stereocenters. The summed E-state index contributed by atoms with van der Waals surface area (Å²) in [7, 11) is 2.55. The third kappa shape index (κ3) is 7.93. The van der Waals surface area contributed by atoms with Crippen LogP contribution in [0.25, 0.3) is 21.9 Å². The highest BCUT2D eigenvalue weighted by molar-refractivity contribution is 6.30. The van der Waals surface area contributed by atoms with E-state index >= 15 is 0 Å². The summed E-state index contributed by atoms with van der Waals surface area (Å²) in [6.07, 6.45) is 8.80. The Morgan fingerprint density at radius 3 is 2.06 bits per heavy atom. The molecular formula is C25H29ClFNO4. The predicted octanol–water partition coefficient (Wildman–Crippen LogP) is 4.37. The third-order valence-electron chi connectivity index (χ3n) is 3.90. The van der Waals surface area contributed by atoms with Crippen molar-refractivity contribution in [3.8, 4) is 24.0 Å². The molecule has 0 aliphatic heterocycles. The molecule has 0 fully saturated rings. The Hall–Kier alpha value is -2.98. The Bertz CT molecular complexity index is 1090. The first-order valence-electron chi connectivity index (χ1n) is 9.54. The highest BCUT2D eigenvalue weighted by Gasteiger charge is 2.18. The quantitative estimate of drug-likeness (QED) is 0.448. The van der Waals surface area contributed by atoms with E-state index in [0.29, 0.717) is 21.7 Å². The van der Waals surface area contributed by atoms with Crippen LogP contribution in [0, 0.1) is 18.7 Å². The Balaban J connectivity index is 0.000000928. The van der Waals surface area contributed by atoms with Crippen molar-refractivity contribution in [1.29, 1.82) is 0 Å². The van der Waals surface area contributed by atoms with Crippen LogP contribution in [0.4, 0.5) is 4.39 Å². The van der Waals surface area contributed by atoms with E-state index in [2.05, 4.69) is 12.8 Å². The lowest BCUT2D eigenvalue weighted by atomic mass is 9.95. The first-order chi connectivity index (χ1) is 15.0. The lowest BCUT2D eigenvalue weighted by Crippen LogP contribution is -2.23. The van der Waals surface area contributed by atoms with Crippen LogP contribution in [-0.4, -0.2) is 33.8 Å². The van der Waals surface area contributed by atoms with E-state index in [9.17, 15) is 14.0 Å². The van der Waals surface area contributed by atoms with Crippen LogP contribution in [0.3, 0.4) is 0 Å². The van der Waals surface area contributed by atoms with Gasteiger partial charge in [0, 0.05) is 36.9 Å². The van der Waals surface area contributed by atoms with Crippen LogP contribution in [0.5, 0.6) is 0 Å². The molecule has 2 N–H and O–H groups in total. The molecule has 0 saturated carbocycles. The second kappa shape index (κ2) is 13.4. The summed E-state index contributed by atoms with van der Waals surface area (Å²) in [5, 5.41) is 16.6. The molecule has 0 amide bonds. The molecule has 0 radical (unpaired) electrons. The number of aliphatic hydroxyl groups excluding tert-OH is 1. The van der Waals surface area contributed by atoms with Gasteiger partial charge in [0.05, 0.1) is 11.0 Å². The molecule has 1 aromatic heterocycles. The second-order valence-corrected chi connectivity index (χ2v) is 7.83. The Morgan fingerprint density at radius 2 is 1.59 bits per heavy atom. The maximum Gasteiger partial charge on any atom is 0.261 e. The van der Waals surface area contributed by atoms with Crippen LogP contribution in [0.15, 0.2) is 47.3 Å². The topological polar surface area (TPSA) is 79.5 Å². The van der Waals surface area contributed by atoms with Crippen molar-refractivity contribution in [3.05, 3.63) is 69.4 Å². The van der Waals surface area contributed by atoms with Crippen LogP contribution >= 0.6 is 11.6 Å².